The van der Waals surface area contributed by atoms with Crippen LogP contribution in [0.15, 0.2) is 0 Å². The van der Waals surface area contributed by atoms with E-state index in [9.17, 15) is 0 Å². The van der Waals surface area contributed by atoms with Gasteiger partial charge in [0, 0.05) is 17.0 Å². The molecule has 0 spiro atoms. The fraction of sp³-hybridized carbons (Fsp3) is 1.00. The normalized spacial score (nSPS) is 31.2. The number of rotatable bonds is 5. The Morgan fingerprint density at radius 2 is 2.13 bits per heavy atom. The summed E-state index contributed by atoms with van der Waals surface area (Å²) in [5.74, 6) is 2.78. The Morgan fingerprint density at radius 1 is 1.40 bits per heavy atom. The van der Waals surface area contributed by atoms with Gasteiger partial charge in [-0.3, -0.25) is 0 Å². The Morgan fingerprint density at radius 3 is 2.73 bits per heavy atom. The van der Waals surface area contributed by atoms with E-state index in [1.54, 1.807) is 0 Å². The van der Waals surface area contributed by atoms with Crippen molar-refractivity contribution in [2.45, 2.75) is 64.2 Å². The monoisotopic (exact) mass is 229 g/mol. The first-order valence-electron chi connectivity index (χ1n) is 6.50. The van der Waals surface area contributed by atoms with E-state index in [1.165, 1.54) is 32.1 Å². The second-order valence-electron chi connectivity index (χ2n) is 5.28. The van der Waals surface area contributed by atoms with Gasteiger partial charge < -0.3 is 5.73 Å². The summed E-state index contributed by atoms with van der Waals surface area (Å²) in [4.78, 5) is 0. The summed E-state index contributed by atoms with van der Waals surface area (Å²) in [5.41, 5.74) is 6.16. The summed E-state index contributed by atoms with van der Waals surface area (Å²) in [7, 11) is 0. The molecule has 90 valence electrons. The average molecular weight is 229 g/mol. The van der Waals surface area contributed by atoms with Gasteiger partial charge in [0.15, 0.2) is 0 Å². The number of hydrogen-bond acceptors (Lipinski definition) is 2. The second-order valence-corrected chi connectivity index (χ2v) is 6.61. The smallest absolute Gasteiger partial charge is 0.0156 e. The molecule has 2 N–H and O–H groups in total. The molecule has 0 aromatic carbocycles. The lowest BCUT2D eigenvalue weighted by atomic mass is 9.91. The Kier molecular flexibility index (Phi) is 6.06. The van der Waals surface area contributed by atoms with Crippen molar-refractivity contribution in [3.8, 4) is 0 Å². The Bertz CT molecular complexity index is 172. The van der Waals surface area contributed by atoms with Crippen molar-refractivity contribution in [2.24, 2.45) is 17.6 Å². The van der Waals surface area contributed by atoms with E-state index < -0.39 is 0 Å². The lowest BCUT2D eigenvalue weighted by molar-refractivity contribution is 0.393. The zero-order valence-corrected chi connectivity index (χ0v) is 11.4. The number of hydrogen-bond donors (Lipinski definition) is 1. The minimum absolute atomic E-state index is 0.400. The summed E-state index contributed by atoms with van der Waals surface area (Å²) < 4.78 is 0. The van der Waals surface area contributed by atoms with Crippen LogP contribution in [0.1, 0.15) is 52.9 Å². The molecule has 1 nitrogen and oxygen atoms in total. The van der Waals surface area contributed by atoms with Gasteiger partial charge in [-0.05, 0) is 24.7 Å². The van der Waals surface area contributed by atoms with Crippen LogP contribution in [0.5, 0.6) is 0 Å². The van der Waals surface area contributed by atoms with Crippen LogP contribution >= 0.6 is 11.8 Å². The van der Waals surface area contributed by atoms with Gasteiger partial charge in [0.05, 0.1) is 0 Å². The Balaban J connectivity index is 2.18. The van der Waals surface area contributed by atoms with Crippen LogP contribution in [0.3, 0.4) is 0 Å². The molecule has 0 amide bonds. The second kappa shape index (κ2) is 6.80. The third-order valence-corrected chi connectivity index (χ3v) is 5.26. The van der Waals surface area contributed by atoms with Crippen molar-refractivity contribution >= 4 is 11.8 Å². The van der Waals surface area contributed by atoms with Gasteiger partial charge in [-0.1, -0.05) is 40.0 Å². The van der Waals surface area contributed by atoms with E-state index in [1.807, 2.05) is 0 Å². The minimum Gasteiger partial charge on any atom is -0.327 e. The minimum atomic E-state index is 0.400. The first kappa shape index (κ1) is 13.4. The van der Waals surface area contributed by atoms with E-state index in [-0.39, 0.29) is 0 Å². The molecule has 0 aliphatic heterocycles. The quantitative estimate of drug-likeness (QED) is 0.778. The average Bonchev–Trinajstić information content (AvgIpc) is 2.25. The lowest BCUT2D eigenvalue weighted by Crippen LogP contribution is -2.31. The van der Waals surface area contributed by atoms with Gasteiger partial charge in [-0.25, -0.2) is 0 Å². The highest BCUT2D eigenvalue weighted by Crippen LogP contribution is 2.32. The van der Waals surface area contributed by atoms with E-state index in [4.69, 9.17) is 5.73 Å². The molecule has 0 aromatic heterocycles. The van der Waals surface area contributed by atoms with Gasteiger partial charge in [0.1, 0.15) is 0 Å². The van der Waals surface area contributed by atoms with Crippen LogP contribution in [-0.4, -0.2) is 17.0 Å². The fourth-order valence-electron chi connectivity index (χ4n) is 2.24. The zero-order chi connectivity index (χ0) is 11.3. The summed E-state index contributed by atoms with van der Waals surface area (Å²) in [6.07, 6.45) is 6.91. The largest absolute Gasteiger partial charge is 0.327 e. The SMILES string of the molecule is CCC(C)C(N)CSC1CCCC(C)C1. The third kappa shape index (κ3) is 4.78. The van der Waals surface area contributed by atoms with Crippen molar-refractivity contribution in [1.82, 2.24) is 0 Å². The highest BCUT2D eigenvalue weighted by molar-refractivity contribution is 7.99. The Hall–Kier alpha value is 0.310. The summed E-state index contributed by atoms with van der Waals surface area (Å²) in [6, 6.07) is 0.400. The molecule has 1 fully saturated rings. The summed E-state index contributed by atoms with van der Waals surface area (Å²) in [5, 5.41) is 0.892. The molecule has 1 saturated carbocycles. The number of thioether (sulfide) groups is 1. The molecule has 0 aromatic rings. The van der Waals surface area contributed by atoms with Crippen molar-refractivity contribution in [2.75, 3.05) is 5.75 Å². The van der Waals surface area contributed by atoms with Gasteiger partial charge in [0.2, 0.25) is 0 Å². The standard InChI is InChI=1S/C13H27NS/c1-4-11(3)13(14)9-15-12-7-5-6-10(2)8-12/h10-13H,4-9,14H2,1-3H3. The van der Waals surface area contributed by atoms with Crippen LogP contribution in [-0.2, 0) is 0 Å². The first-order chi connectivity index (χ1) is 7.13. The molecule has 15 heavy (non-hydrogen) atoms. The summed E-state index contributed by atoms with van der Waals surface area (Å²) in [6.45, 7) is 6.90. The van der Waals surface area contributed by atoms with E-state index in [2.05, 4.69) is 32.5 Å². The third-order valence-electron chi connectivity index (χ3n) is 3.79. The molecule has 0 radical (unpaired) electrons. The molecular formula is C13H27NS. The predicted octanol–water partition coefficient (Wildman–Crippen LogP) is 3.67. The molecule has 1 rings (SSSR count). The van der Waals surface area contributed by atoms with Gasteiger partial charge >= 0.3 is 0 Å². The molecule has 1 aliphatic carbocycles. The fourth-order valence-corrected chi connectivity index (χ4v) is 3.86. The van der Waals surface area contributed by atoms with Crippen LogP contribution in [0, 0.1) is 11.8 Å². The Labute approximate surface area is 99.6 Å². The van der Waals surface area contributed by atoms with Crippen LogP contribution < -0.4 is 5.73 Å². The van der Waals surface area contributed by atoms with Crippen molar-refractivity contribution < 1.29 is 0 Å². The van der Waals surface area contributed by atoms with Crippen LogP contribution in [0.4, 0.5) is 0 Å². The van der Waals surface area contributed by atoms with E-state index in [0.29, 0.717) is 12.0 Å². The highest BCUT2D eigenvalue weighted by atomic mass is 32.2. The maximum atomic E-state index is 6.16. The lowest BCUT2D eigenvalue weighted by Gasteiger charge is -2.28. The highest BCUT2D eigenvalue weighted by Gasteiger charge is 2.20. The summed E-state index contributed by atoms with van der Waals surface area (Å²) >= 11 is 2.13. The van der Waals surface area contributed by atoms with Crippen LogP contribution in [0.25, 0.3) is 0 Å². The molecule has 4 unspecified atom stereocenters. The molecule has 0 heterocycles. The van der Waals surface area contributed by atoms with Crippen molar-refractivity contribution in [3.05, 3.63) is 0 Å². The van der Waals surface area contributed by atoms with E-state index in [0.717, 1.165) is 16.9 Å². The van der Waals surface area contributed by atoms with E-state index >= 15 is 0 Å². The van der Waals surface area contributed by atoms with Gasteiger partial charge in [0.25, 0.3) is 0 Å². The number of nitrogens with two attached hydrogens (primary N) is 1. The van der Waals surface area contributed by atoms with Crippen molar-refractivity contribution in [1.29, 1.82) is 0 Å². The topological polar surface area (TPSA) is 26.0 Å². The van der Waals surface area contributed by atoms with Crippen LogP contribution in [0.2, 0.25) is 0 Å². The molecule has 1 aliphatic rings. The maximum Gasteiger partial charge on any atom is 0.0156 e. The molecule has 4 atom stereocenters. The maximum absolute atomic E-state index is 6.16. The molecule has 2 heteroatoms. The van der Waals surface area contributed by atoms with Gasteiger partial charge in [-0.15, -0.1) is 0 Å². The molecule has 0 saturated heterocycles. The van der Waals surface area contributed by atoms with Gasteiger partial charge in [-0.2, -0.15) is 11.8 Å². The predicted molar refractivity (Wildman–Crippen MR) is 71.3 cm³/mol. The molecular weight excluding hydrogens is 202 g/mol. The van der Waals surface area contributed by atoms with Crippen molar-refractivity contribution in [3.63, 3.8) is 0 Å². The first-order valence-corrected chi connectivity index (χ1v) is 7.55. The molecule has 0 bridgehead atoms. The zero-order valence-electron chi connectivity index (χ0n) is 10.5.